The number of nitrogens with two attached hydrogens (primary N) is 1. The van der Waals surface area contributed by atoms with E-state index in [1.165, 1.54) is 7.11 Å². The number of carboxylic acids is 1. The van der Waals surface area contributed by atoms with Crippen molar-refractivity contribution in [3.8, 4) is 11.5 Å². The molecule has 2 rings (SSSR count). The summed E-state index contributed by atoms with van der Waals surface area (Å²) in [7, 11) is 1.46. The molecule has 1 aromatic carbocycles. The third-order valence-electron chi connectivity index (χ3n) is 3.00. The van der Waals surface area contributed by atoms with Gasteiger partial charge in [-0.25, -0.2) is 0 Å². The zero-order valence-electron chi connectivity index (χ0n) is 10.7. The van der Waals surface area contributed by atoms with Gasteiger partial charge in [0.2, 0.25) is 0 Å². The van der Waals surface area contributed by atoms with Crippen LogP contribution in [-0.2, 0) is 9.53 Å². The highest BCUT2D eigenvalue weighted by Gasteiger charge is 2.24. The Morgan fingerprint density at radius 2 is 2.37 bits per heavy atom. The quantitative estimate of drug-likeness (QED) is 0.825. The van der Waals surface area contributed by atoms with Gasteiger partial charge < -0.3 is 25.1 Å². The molecule has 1 aliphatic rings. The minimum Gasteiger partial charge on any atom is -0.492 e. The van der Waals surface area contributed by atoms with Crippen molar-refractivity contribution in [3.63, 3.8) is 0 Å². The van der Waals surface area contributed by atoms with Crippen molar-refractivity contribution in [2.75, 3.05) is 20.3 Å². The number of hydrogen-bond acceptors (Lipinski definition) is 5. The molecule has 6 nitrogen and oxygen atoms in total. The normalized spacial score (nSPS) is 20.0. The Bertz CT molecular complexity index is 456. The maximum Gasteiger partial charge on any atom is 0.325 e. The van der Waals surface area contributed by atoms with Crippen molar-refractivity contribution < 1.29 is 24.1 Å². The molecule has 19 heavy (non-hydrogen) atoms. The number of aliphatic carboxylic acids is 1. The zero-order valence-corrected chi connectivity index (χ0v) is 10.7. The number of methoxy groups -OCH3 is 1. The van der Waals surface area contributed by atoms with Crippen molar-refractivity contribution in [2.24, 2.45) is 5.73 Å². The van der Waals surface area contributed by atoms with Crippen LogP contribution in [0.25, 0.3) is 0 Å². The molecule has 1 saturated heterocycles. The van der Waals surface area contributed by atoms with E-state index >= 15 is 0 Å². The second kappa shape index (κ2) is 5.90. The van der Waals surface area contributed by atoms with Gasteiger partial charge in [-0.1, -0.05) is 12.1 Å². The van der Waals surface area contributed by atoms with Gasteiger partial charge in [0, 0.05) is 12.0 Å². The largest absolute Gasteiger partial charge is 0.492 e. The SMILES string of the molecule is COc1c(OC2CCOC2)cccc1C(N)C(=O)O. The summed E-state index contributed by atoms with van der Waals surface area (Å²) < 4.78 is 16.3. The molecule has 0 bridgehead atoms. The Hall–Kier alpha value is -1.79. The lowest BCUT2D eigenvalue weighted by Crippen LogP contribution is -2.22. The van der Waals surface area contributed by atoms with Crippen LogP contribution in [0, 0.1) is 0 Å². The molecule has 104 valence electrons. The fourth-order valence-electron chi connectivity index (χ4n) is 2.01. The Balaban J connectivity index is 2.27. The Labute approximate surface area is 111 Å². The molecule has 1 aromatic rings. The minimum atomic E-state index is -1.14. The smallest absolute Gasteiger partial charge is 0.325 e. The third-order valence-corrected chi connectivity index (χ3v) is 3.00. The Kier molecular flexibility index (Phi) is 4.24. The number of carbonyl (C=O) groups is 1. The number of benzene rings is 1. The first kappa shape index (κ1) is 13.6. The number of carboxylic acid groups (broad SMARTS) is 1. The predicted octanol–water partition coefficient (Wildman–Crippen LogP) is 0.947. The van der Waals surface area contributed by atoms with Crippen LogP contribution in [0.1, 0.15) is 18.0 Å². The van der Waals surface area contributed by atoms with Crippen molar-refractivity contribution in [1.82, 2.24) is 0 Å². The van der Waals surface area contributed by atoms with Crippen molar-refractivity contribution >= 4 is 5.97 Å². The van der Waals surface area contributed by atoms with Crippen LogP contribution in [-0.4, -0.2) is 37.5 Å². The fraction of sp³-hybridized carbons (Fsp3) is 0.462. The molecule has 3 N–H and O–H groups in total. The number of ether oxygens (including phenoxy) is 3. The van der Waals surface area contributed by atoms with Crippen molar-refractivity contribution in [1.29, 1.82) is 0 Å². The van der Waals surface area contributed by atoms with Gasteiger partial charge in [-0.2, -0.15) is 0 Å². The molecule has 0 aliphatic carbocycles. The summed E-state index contributed by atoms with van der Waals surface area (Å²) in [6.07, 6.45) is 0.767. The standard InChI is InChI=1S/C13H17NO5/c1-17-12-9(11(14)13(15)16)3-2-4-10(12)19-8-5-6-18-7-8/h2-4,8,11H,5-7,14H2,1H3,(H,15,16). The van der Waals surface area contributed by atoms with Crippen LogP contribution in [0.4, 0.5) is 0 Å². The van der Waals surface area contributed by atoms with E-state index < -0.39 is 12.0 Å². The van der Waals surface area contributed by atoms with Gasteiger partial charge in [-0.15, -0.1) is 0 Å². The second-order valence-electron chi connectivity index (χ2n) is 4.30. The lowest BCUT2D eigenvalue weighted by molar-refractivity contribution is -0.138. The van der Waals surface area contributed by atoms with E-state index in [1.807, 2.05) is 0 Å². The molecule has 0 radical (unpaired) electrons. The predicted molar refractivity (Wildman–Crippen MR) is 67.4 cm³/mol. The first-order valence-corrected chi connectivity index (χ1v) is 6.03. The van der Waals surface area contributed by atoms with Gasteiger partial charge in [0.15, 0.2) is 11.5 Å². The molecule has 1 heterocycles. The van der Waals surface area contributed by atoms with Crippen LogP contribution in [0.15, 0.2) is 18.2 Å². The molecule has 1 aliphatic heterocycles. The van der Waals surface area contributed by atoms with Gasteiger partial charge in [-0.3, -0.25) is 4.79 Å². The van der Waals surface area contributed by atoms with Crippen LogP contribution in [0.2, 0.25) is 0 Å². The van der Waals surface area contributed by atoms with E-state index in [2.05, 4.69) is 0 Å². The van der Waals surface area contributed by atoms with E-state index in [0.29, 0.717) is 30.3 Å². The maximum absolute atomic E-state index is 11.0. The average molecular weight is 267 g/mol. The van der Waals surface area contributed by atoms with Crippen LogP contribution in [0.3, 0.4) is 0 Å². The van der Waals surface area contributed by atoms with Crippen LogP contribution in [0.5, 0.6) is 11.5 Å². The molecule has 0 aromatic heterocycles. The monoisotopic (exact) mass is 267 g/mol. The summed E-state index contributed by atoms with van der Waals surface area (Å²) in [5, 5.41) is 8.99. The molecular weight excluding hydrogens is 250 g/mol. The molecule has 1 fully saturated rings. The summed E-state index contributed by atoms with van der Waals surface area (Å²) >= 11 is 0. The molecule has 0 saturated carbocycles. The average Bonchev–Trinajstić information content (AvgIpc) is 2.90. The molecule has 0 spiro atoms. The zero-order chi connectivity index (χ0) is 13.8. The van der Waals surface area contributed by atoms with Crippen molar-refractivity contribution in [2.45, 2.75) is 18.6 Å². The summed E-state index contributed by atoms with van der Waals surface area (Å²) in [5.74, 6) is -0.254. The third kappa shape index (κ3) is 2.97. The first-order valence-electron chi connectivity index (χ1n) is 6.03. The van der Waals surface area contributed by atoms with Crippen LogP contribution < -0.4 is 15.2 Å². The molecule has 2 unspecified atom stereocenters. The molecule has 2 atom stereocenters. The van der Waals surface area contributed by atoms with E-state index in [0.717, 1.165) is 6.42 Å². The summed E-state index contributed by atoms with van der Waals surface area (Å²) in [4.78, 5) is 11.0. The lowest BCUT2D eigenvalue weighted by Gasteiger charge is -2.18. The van der Waals surface area contributed by atoms with E-state index in [-0.39, 0.29) is 6.10 Å². The van der Waals surface area contributed by atoms with Crippen molar-refractivity contribution in [3.05, 3.63) is 23.8 Å². The highest BCUT2D eigenvalue weighted by molar-refractivity contribution is 5.77. The van der Waals surface area contributed by atoms with Crippen LogP contribution >= 0.6 is 0 Å². The lowest BCUT2D eigenvalue weighted by atomic mass is 10.1. The highest BCUT2D eigenvalue weighted by Crippen LogP contribution is 2.35. The number of hydrogen-bond donors (Lipinski definition) is 2. The molecule has 6 heteroatoms. The minimum absolute atomic E-state index is 0.0368. The second-order valence-corrected chi connectivity index (χ2v) is 4.30. The van der Waals surface area contributed by atoms with Gasteiger partial charge in [0.05, 0.1) is 20.3 Å². The fourth-order valence-corrected chi connectivity index (χ4v) is 2.01. The maximum atomic E-state index is 11.0. The van der Waals surface area contributed by atoms with E-state index in [4.69, 9.17) is 25.1 Å². The number of rotatable bonds is 5. The molecular formula is C13H17NO5. The van der Waals surface area contributed by atoms with Gasteiger partial charge in [0.1, 0.15) is 12.1 Å². The van der Waals surface area contributed by atoms with Gasteiger partial charge >= 0.3 is 5.97 Å². The molecule has 0 amide bonds. The van der Waals surface area contributed by atoms with E-state index in [9.17, 15) is 4.79 Å². The topological polar surface area (TPSA) is 91.0 Å². The van der Waals surface area contributed by atoms with Gasteiger partial charge in [0.25, 0.3) is 0 Å². The first-order chi connectivity index (χ1) is 9.13. The van der Waals surface area contributed by atoms with E-state index in [1.54, 1.807) is 18.2 Å². The van der Waals surface area contributed by atoms with Gasteiger partial charge in [-0.05, 0) is 6.07 Å². The summed E-state index contributed by atoms with van der Waals surface area (Å²) in [6.45, 7) is 1.19. The summed E-state index contributed by atoms with van der Waals surface area (Å²) in [5.41, 5.74) is 6.03. The summed E-state index contributed by atoms with van der Waals surface area (Å²) in [6, 6.07) is 3.91. The Morgan fingerprint density at radius 1 is 1.58 bits per heavy atom. The Morgan fingerprint density at radius 3 is 2.95 bits per heavy atom. The number of para-hydroxylation sites is 1. The highest BCUT2D eigenvalue weighted by atomic mass is 16.6.